The van der Waals surface area contributed by atoms with Crippen molar-refractivity contribution in [2.24, 2.45) is 5.73 Å². The Morgan fingerprint density at radius 2 is 2.38 bits per heavy atom. The van der Waals surface area contributed by atoms with Crippen LogP contribution < -0.4 is 10.5 Å². The fourth-order valence-corrected chi connectivity index (χ4v) is 2.65. The molecule has 0 aliphatic carbocycles. The van der Waals surface area contributed by atoms with Crippen LogP contribution in [0.25, 0.3) is 10.2 Å². The highest BCUT2D eigenvalue weighted by Crippen LogP contribution is 2.36. The quantitative estimate of drug-likeness (QED) is 0.852. The molecule has 16 heavy (non-hydrogen) atoms. The second-order valence-corrected chi connectivity index (χ2v) is 4.45. The van der Waals surface area contributed by atoms with E-state index in [4.69, 9.17) is 10.5 Å². The van der Waals surface area contributed by atoms with E-state index in [1.165, 1.54) is 11.3 Å². The molecule has 0 aliphatic rings. The first-order valence-electron chi connectivity index (χ1n) is 4.97. The van der Waals surface area contributed by atoms with Crippen LogP contribution in [0.5, 0.6) is 5.75 Å². The van der Waals surface area contributed by atoms with Crippen LogP contribution in [-0.4, -0.2) is 23.7 Å². The second-order valence-electron chi connectivity index (χ2n) is 3.60. The lowest BCUT2D eigenvalue weighted by Gasteiger charge is -2.13. The lowest BCUT2D eigenvalue weighted by atomic mass is 10.0. The van der Waals surface area contributed by atoms with Crippen molar-refractivity contribution in [3.8, 4) is 5.75 Å². The largest absolute Gasteiger partial charge is 0.494 e. The maximum Gasteiger partial charge on any atom is 0.148 e. The van der Waals surface area contributed by atoms with Gasteiger partial charge in [-0.25, -0.2) is 4.98 Å². The third kappa shape index (κ3) is 1.67. The van der Waals surface area contributed by atoms with E-state index < -0.39 is 6.10 Å². The minimum Gasteiger partial charge on any atom is -0.494 e. The summed E-state index contributed by atoms with van der Waals surface area (Å²) >= 11 is 1.49. The summed E-state index contributed by atoms with van der Waals surface area (Å²) in [5, 5.41) is 9.85. The molecule has 2 aromatic rings. The van der Waals surface area contributed by atoms with Crippen LogP contribution in [0.4, 0.5) is 0 Å². The van der Waals surface area contributed by atoms with E-state index in [1.54, 1.807) is 12.6 Å². The molecule has 0 aliphatic heterocycles. The van der Waals surface area contributed by atoms with Gasteiger partial charge in [-0.1, -0.05) is 0 Å². The molecule has 5 heteroatoms. The summed E-state index contributed by atoms with van der Waals surface area (Å²) in [6, 6.07) is 1.91. The number of fused-ring (bicyclic) bond motifs is 1. The van der Waals surface area contributed by atoms with Crippen LogP contribution in [0.1, 0.15) is 17.2 Å². The van der Waals surface area contributed by atoms with Crippen LogP contribution in [0.15, 0.2) is 11.6 Å². The summed E-state index contributed by atoms with van der Waals surface area (Å²) in [6.07, 6.45) is -0.646. The molecule has 86 valence electrons. The van der Waals surface area contributed by atoms with Gasteiger partial charge in [-0.15, -0.1) is 11.3 Å². The molecule has 0 saturated heterocycles. The molecule has 1 aromatic heterocycles. The number of benzene rings is 1. The van der Waals surface area contributed by atoms with Gasteiger partial charge in [-0.05, 0) is 18.6 Å². The number of hydrogen-bond donors (Lipinski definition) is 2. The average molecular weight is 238 g/mol. The minimum atomic E-state index is -0.646. The molecule has 0 saturated carbocycles. The molecule has 4 nitrogen and oxygen atoms in total. The average Bonchev–Trinajstić information content (AvgIpc) is 2.75. The van der Waals surface area contributed by atoms with Gasteiger partial charge < -0.3 is 15.6 Å². The zero-order chi connectivity index (χ0) is 11.7. The first kappa shape index (κ1) is 11.3. The number of rotatable bonds is 3. The predicted molar refractivity (Wildman–Crippen MR) is 64.9 cm³/mol. The number of aliphatic hydroxyl groups excluding tert-OH is 1. The monoisotopic (exact) mass is 238 g/mol. The number of aryl methyl sites for hydroxylation is 1. The van der Waals surface area contributed by atoms with Gasteiger partial charge in [0.15, 0.2) is 0 Å². The summed E-state index contributed by atoms with van der Waals surface area (Å²) < 4.78 is 6.26. The SMILES string of the molecule is COc1c(C)cc(C(O)CN)c2scnc12. The predicted octanol–water partition coefficient (Wildman–Crippen LogP) is 1.61. The fraction of sp³-hybridized carbons (Fsp3) is 0.364. The van der Waals surface area contributed by atoms with Crippen molar-refractivity contribution in [1.82, 2.24) is 4.98 Å². The Bertz CT molecular complexity index is 510. The molecule has 1 aromatic carbocycles. The summed E-state index contributed by atoms with van der Waals surface area (Å²) in [6.45, 7) is 2.14. The highest BCUT2D eigenvalue weighted by Gasteiger charge is 2.16. The third-order valence-electron chi connectivity index (χ3n) is 2.56. The molecule has 1 unspecified atom stereocenters. The zero-order valence-corrected chi connectivity index (χ0v) is 10.0. The zero-order valence-electron chi connectivity index (χ0n) is 9.23. The third-order valence-corrected chi connectivity index (χ3v) is 3.44. The molecule has 3 N–H and O–H groups in total. The van der Waals surface area contributed by atoms with Gasteiger partial charge in [-0.2, -0.15) is 0 Å². The van der Waals surface area contributed by atoms with Crippen molar-refractivity contribution in [1.29, 1.82) is 0 Å². The Morgan fingerprint density at radius 1 is 1.62 bits per heavy atom. The Hall–Kier alpha value is -1.17. The van der Waals surface area contributed by atoms with Gasteiger partial charge in [0.05, 0.1) is 23.4 Å². The molecule has 0 fully saturated rings. The van der Waals surface area contributed by atoms with Crippen molar-refractivity contribution in [3.05, 3.63) is 22.7 Å². The maximum absolute atomic E-state index is 9.85. The molecule has 1 atom stereocenters. The van der Waals surface area contributed by atoms with Crippen LogP contribution >= 0.6 is 11.3 Å². The summed E-state index contributed by atoms with van der Waals surface area (Å²) in [5.41, 5.74) is 9.83. The van der Waals surface area contributed by atoms with E-state index in [9.17, 15) is 5.11 Å². The highest BCUT2D eigenvalue weighted by molar-refractivity contribution is 7.17. The number of hydrogen-bond acceptors (Lipinski definition) is 5. The van der Waals surface area contributed by atoms with E-state index in [1.807, 2.05) is 13.0 Å². The first-order chi connectivity index (χ1) is 7.69. The number of ether oxygens (including phenoxy) is 1. The Balaban J connectivity index is 2.72. The molecule has 0 bridgehead atoms. The Labute approximate surface area is 97.7 Å². The number of nitrogens with two attached hydrogens (primary N) is 1. The van der Waals surface area contributed by atoms with Crippen LogP contribution in [0.2, 0.25) is 0 Å². The number of aliphatic hydroxyl groups is 1. The van der Waals surface area contributed by atoms with Crippen molar-refractivity contribution >= 4 is 21.6 Å². The number of methoxy groups -OCH3 is 1. The van der Waals surface area contributed by atoms with Gasteiger partial charge in [0.25, 0.3) is 0 Å². The van der Waals surface area contributed by atoms with Crippen LogP contribution in [0.3, 0.4) is 0 Å². The maximum atomic E-state index is 9.85. The van der Waals surface area contributed by atoms with Crippen molar-refractivity contribution < 1.29 is 9.84 Å². The van der Waals surface area contributed by atoms with E-state index in [-0.39, 0.29) is 6.54 Å². The van der Waals surface area contributed by atoms with E-state index in [0.29, 0.717) is 0 Å². The van der Waals surface area contributed by atoms with Gasteiger partial charge in [0, 0.05) is 12.1 Å². The van der Waals surface area contributed by atoms with Crippen molar-refractivity contribution in [3.63, 3.8) is 0 Å². The van der Waals surface area contributed by atoms with E-state index in [2.05, 4.69) is 4.98 Å². The molecule has 1 heterocycles. The molecule has 0 radical (unpaired) electrons. The molecular weight excluding hydrogens is 224 g/mol. The topological polar surface area (TPSA) is 68.4 Å². The van der Waals surface area contributed by atoms with Crippen LogP contribution in [-0.2, 0) is 0 Å². The molecule has 0 spiro atoms. The molecule has 0 amide bonds. The molecule has 2 rings (SSSR count). The number of aromatic nitrogens is 1. The number of nitrogens with zero attached hydrogens (tertiary/aromatic N) is 1. The lowest BCUT2D eigenvalue weighted by molar-refractivity contribution is 0.188. The lowest BCUT2D eigenvalue weighted by Crippen LogP contribution is -2.12. The number of thiazole rings is 1. The van der Waals surface area contributed by atoms with E-state index in [0.717, 1.165) is 27.1 Å². The standard InChI is InChI=1S/C11H14N2O2S/c1-6-3-7(8(14)4-12)11-9(10(6)15-2)13-5-16-11/h3,5,8,14H,4,12H2,1-2H3. The van der Waals surface area contributed by atoms with Gasteiger partial charge in [0.1, 0.15) is 11.3 Å². The van der Waals surface area contributed by atoms with Gasteiger partial charge in [-0.3, -0.25) is 0 Å². The summed E-state index contributed by atoms with van der Waals surface area (Å²) in [4.78, 5) is 4.27. The second kappa shape index (κ2) is 4.37. The van der Waals surface area contributed by atoms with Gasteiger partial charge >= 0.3 is 0 Å². The van der Waals surface area contributed by atoms with Crippen molar-refractivity contribution in [2.75, 3.05) is 13.7 Å². The fourth-order valence-electron chi connectivity index (χ4n) is 1.80. The Kier molecular flexibility index (Phi) is 3.09. The highest BCUT2D eigenvalue weighted by atomic mass is 32.1. The summed E-state index contributed by atoms with van der Waals surface area (Å²) in [7, 11) is 1.63. The minimum absolute atomic E-state index is 0.207. The van der Waals surface area contributed by atoms with Crippen LogP contribution in [0, 0.1) is 6.92 Å². The van der Waals surface area contributed by atoms with Gasteiger partial charge in [0.2, 0.25) is 0 Å². The normalized spacial score (nSPS) is 13.0. The smallest absolute Gasteiger partial charge is 0.148 e. The van der Waals surface area contributed by atoms with Crippen molar-refractivity contribution in [2.45, 2.75) is 13.0 Å². The molecular formula is C11H14N2O2S. The van der Waals surface area contributed by atoms with E-state index >= 15 is 0 Å². The Morgan fingerprint density at radius 3 is 3.00 bits per heavy atom. The first-order valence-corrected chi connectivity index (χ1v) is 5.85. The summed E-state index contributed by atoms with van der Waals surface area (Å²) in [5.74, 6) is 0.768.